The van der Waals surface area contributed by atoms with Crippen molar-refractivity contribution in [1.29, 1.82) is 0 Å². The molecule has 1 aromatic rings. The Morgan fingerprint density at radius 1 is 1.42 bits per heavy atom. The number of thiazole rings is 1. The number of hydrogen-bond acceptors (Lipinski definition) is 6. The first kappa shape index (κ1) is 16.4. The van der Waals surface area contributed by atoms with Crippen molar-refractivity contribution >= 4 is 26.5 Å². The molecule has 0 aromatic carbocycles. The molecule has 0 aliphatic carbocycles. The van der Waals surface area contributed by atoms with E-state index in [0.29, 0.717) is 18.8 Å². The first-order valence-electron chi connectivity index (χ1n) is 6.09. The number of nitrogens with zero attached hydrogens (tertiary/aromatic N) is 3. The molecule has 110 valence electrons. The predicted molar refractivity (Wildman–Crippen MR) is 78.8 cm³/mol. The Kier molecular flexibility index (Phi) is 5.31. The first-order valence-corrected chi connectivity index (χ1v) is 8.35. The molecule has 0 fully saturated rings. The molecule has 0 amide bonds. The van der Waals surface area contributed by atoms with Crippen molar-refractivity contribution in [3.63, 3.8) is 0 Å². The summed E-state index contributed by atoms with van der Waals surface area (Å²) in [6.45, 7) is 6.50. The molecule has 1 aromatic heterocycles. The second kappa shape index (κ2) is 6.17. The highest BCUT2D eigenvalue weighted by Gasteiger charge is 2.31. The quantitative estimate of drug-likeness (QED) is 0.848. The van der Waals surface area contributed by atoms with Gasteiger partial charge in [0, 0.05) is 19.1 Å². The summed E-state index contributed by atoms with van der Waals surface area (Å²) < 4.78 is 27.0. The van der Waals surface area contributed by atoms with Gasteiger partial charge >= 0.3 is 0 Å². The van der Waals surface area contributed by atoms with Crippen molar-refractivity contribution in [1.82, 2.24) is 14.2 Å². The molecule has 8 heteroatoms. The third-order valence-electron chi connectivity index (χ3n) is 2.75. The summed E-state index contributed by atoms with van der Waals surface area (Å²) >= 11 is 1.02. The smallest absolute Gasteiger partial charge is 0.254 e. The van der Waals surface area contributed by atoms with E-state index in [1.807, 2.05) is 32.8 Å². The van der Waals surface area contributed by atoms with Crippen LogP contribution in [0.2, 0.25) is 0 Å². The number of likely N-dealkylation sites (N-methyl/N-ethyl adjacent to an activating group) is 2. The highest BCUT2D eigenvalue weighted by atomic mass is 32.2. The SMILES string of the molecule is CCN(C(C)CN(C)C)S(=O)(=O)c1sc(N)nc1C. The van der Waals surface area contributed by atoms with Gasteiger partial charge in [-0.1, -0.05) is 18.3 Å². The molecule has 1 atom stereocenters. The number of nitrogens with two attached hydrogens (primary N) is 1. The lowest BCUT2D eigenvalue weighted by molar-refractivity contribution is 0.271. The molecule has 0 saturated carbocycles. The van der Waals surface area contributed by atoms with Crippen LogP contribution >= 0.6 is 11.3 Å². The molecule has 0 saturated heterocycles. The summed E-state index contributed by atoms with van der Waals surface area (Å²) in [5.41, 5.74) is 6.06. The van der Waals surface area contributed by atoms with Gasteiger partial charge in [0.25, 0.3) is 10.0 Å². The summed E-state index contributed by atoms with van der Waals surface area (Å²) in [4.78, 5) is 5.96. The van der Waals surface area contributed by atoms with Crippen molar-refractivity contribution in [2.75, 3.05) is 32.9 Å². The van der Waals surface area contributed by atoms with Gasteiger partial charge in [-0.15, -0.1) is 0 Å². The minimum absolute atomic E-state index is 0.104. The number of nitrogen functional groups attached to an aromatic ring is 1. The van der Waals surface area contributed by atoms with E-state index < -0.39 is 10.0 Å². The summed E-state index contributed by atoms with van der Waals surface area (Å²) in [6.07, 6.45) is 0. The zero-order valence-corrected chi connectivity index (χ0v) is 13.7. The Balaban J connectivity index is 3.12. The maximum atomic E-state index is 12.6. The normalized spacial score (nSPS) is 14.3. The van der Waals surface area contributed by atoms with Crippen molar-refractivity contribution in [3.8, 4) is 0 Å². The minimum Gasteiger partial charge on any atom is -0.375 e. The highest BCUT2D eigenvalue weighted by Crippen LogP contribution is 2.28. The Morgan fingerprint density at radius 3 is 2.37 bits per heavy atom. The van der Waals surface area contributed by atoms with Crippen LogP contribution in [-0.2, 0) is 10.0 Å². The highest BCUT2D eigenvalue weighted by molar-refractivity contribution is 7.91. The fraction of sp³-hybridized carbons (Fsp3) is 0.727. The van der Waals surface area contributed by atoms with Crippen LogP contribution < -0.4 is 5.73 Å². The Hall–Kier alpha value is -0.700. The maximum absolute atomic E-state index is 12.6. The number of rotatable bonds is 6. The lowest BCUT2D eigenvalue weighted by Gasteiger charge is -2.28. The fourth-order valence-corrected chi connectivity index (χ4v) is 5.13. The molecule has 0 spiro atoms. The number of aryl methyl sites for hydroxylation is 1. The molecule has 1 rings (SSSR count). The van der Waals surface area contributed by atoms with Crippen LogP contribution in [0.4, 0.5) is 5.13 Å². The second-order valence-corrected chi connectivity index (χ2v) is 7.86. The molecule has 6 nitrogen and oxygen atoms in total. The lowest BCUT2D eigenvalue weighted by atomic mass is 10.3. The zero-order chi connectivity index (χ0) is 14.8. The van der Waals surface area contributed by atoms with E-state index in [0.717, 1.165) is 11.3 Å². The van der Waals surface area contributed by atoms with Crippen LogP contribution in [0.3, 0.4) is 0 Å². The van der Waals surface area contributed by atoms with Crippen LogP contribution in [-0.4, -0.2) is 55.8 Å². The van der Waals surface area contributed by atoms with Crippen LogP contribution in [0.5, 0.6) is 0 Å². The largest absolute Gasteiger partial charge is 0.375 e. The monoisotopic (exact) mass is 306 g/mol. The van der Waals surface area contributed by atoms with Gasteiger partial charge in [-0.05, 0) is 27.9 Å². The Bertz CT molecular complexity index is 525. The van der Waals surface area contributed by atoms with Crippen LogP contribution in [0, 0.1) is 6.92 Å². The fourth-order valence-electron chi connectivity index (χ4n) is 2.09. The maximum Gasteiger partial charge on any atom is 0.254 e. The van der Waals surface area contributed by atoms with Crippen LogP contribution in [0.15, 0.2) is 4.21 Å². The molecule has 0 radical (unpaired) electrons. The van der Waals surface area contributed by atoms with Gasteiger partial charge in [0.2, 0.25) is 0 Å². The van der Waals surface area contributed by atoms with E-state index in [4.69, 9.17) is 5.73 Å². The molecular weight excluding hydrogens is 284 g/mol. The molecule has 19 heavy (non-hydrogen) atoms. The van der Waals surface area contributed by atoms with Crippen molar-refractivity contribution < 1.29 is 8.42 Å². The van der Waals surface area contributed by atoms with Gasteiger partial charge in [-0.2, -0.15) is 4.31 Å². The first-order chi connectivity index (χ1) is 8.70. The Labute approximate surface area is 119 Å². The number of anilines is 1. The average molecular weight is 306 g/mol. The second-order valence-electron chi connectivity index (χ2n) is 4.74. The van der Waals surface area contributed by atoms with Gasteiger partial charge in [-0.3, -0.25) is 0 Å². The number of hydrogen-bond donors (Lipinski definition) is 1. The van der Waals surface area contributed by atoms with E-state index in [1.165, 1.54) is 4.31 Å². The topological polar surface area (TPSA) is 79.5 Å². The lowest BCUT2D eigenvalue weighted by Crippen LogP contribution is -2.43. The predicted octanol–water partition coefficient (Wildman–Crippen LogP) is 0.994. The number of aromatic nitrogens is 1. The van der Waals surface area contributed by atoms with E-state index in [1.54, 1.807) is 6.92 Å². The van der Waals surface area contributed by atoms with Crippen molar-refractivity contribution in [2.45, 2.75) is 31.0 Å². The standard InChI is InChI=1S/C11H22N4O2S2/c1-6-15(8(2)7-14(4)5)19(16,17)10-9(3)13-11(12)18-10/h8H,6-7H2,1-5H3,(H2,12,13). The molecular formula is C11H22N4O2S2. The molecule has 2 N–H and O–H groups in total. The molecule has 0 bridgehead atoms. The molecule has 1 heterocycles. The van der Waals surface area contributed by atoms with Gasteiger partial charge < -0.3 is 10.6 Å². The van der Waals surface area contributed by atoms with Gasteiger partial charge in [0.15, 0.2) is 9.34 Å². The Morgan fingerprint density at radius 2 is 2.00 bits per heavy atom. The summed E-state index contributed by atoms with van der Waals surface area (Å²) in [7, 11) is 0.324. The number of sulfonamides is 1. The van der Waals surface area contributed by atoms with Gasteiger partial charge in [0.1, 0.15) is 0 Å². The molecule has 1 unspecified atom stereocenters. The summed E-state index contributed by atoms with van der Waals surface area (Å²) in [6, 6.07) is -0.104. The summed E-state index contributed by atoms with van der Waals surface area (Å²) in [5, 5.41) is 0.285. The van der Waals surface area contributed by atoms with E-state index in [9.17, 15) is 8.42 Å². The average Bonchev–Trinajstić information content (AvgIpc) is 2.57. The van der Waals surface area contributed by atoms with E-state index in [-0.39, 0.29) is 15.4 Å². The third-order valence-corrected chi connectivity index (χ3v) is 6.41. The van der Waals surface area contributed by atoms with Crippen LogP contribution in [0.1, 0.15) is 19.5 Å². The summed E-state index contributed by atoms with van der Waals surface area (Å²) in [5.74, 6) is 0. The molecule has 0 aliphatic heterocycles. The zero-order valence-electron chi connectivity index (χ0n) is 12.0. The molecule has 0 aliphatic rings. The van der Waals surface area contributed by atoms with E-state index >= 15 is 0 Å². The third kappa shape index (κ3) is 3.65. The van der Waals surface area contributed by atoms with Crippen molar-refractivity contribution in [2.24, 2.45) is 0 Å². The van der Waals surface area contributed by atoms with E-state index in [2.05, 4.69) is 4.98 Å². The van der Waals surface area contributed by atoms with Gasteiger partial charge in [-0.25, -0.2) is 13.4 Å². The van der Waals surface area contributed by atoms with Crippen LogP contribution in [0.25, 0.3) is 0 Å². The van der Waals surface area contributed by atoms with Crippen molar-refractivity contribution in [3.05, 3.63) is 5.69 Å². The van der Waals surface area contributed by atoms with Gasteiger partial charge in [0.05, 0.1) is 5.69 Å². The minimum atomic E-state index is -3.52.